The third-order valence-corrected chi connectivity index (χ3v) is 4.43. The van der Waals surface area contributed by atoms with E-state index in [1.54, 1.807) is 4.90 Å². The van der Waals surface area contributed by atoms with Crippen molar-refractivity contribution in [2.24, 2.45) is 5.92 Å². The van der Waals surface area contributed by atoms with E-state index in [9.17, 15) is 9.59 Å². The van der Waals surface area contributed by atoms with E-state index in [1.807, 2.05) is 19.1 Å². The maximum absolute atomic E-state index is 12.2. The van der Waals surface area contributed by atoms with Crippen LogP contribution in [0.15, 0.2) is 24.3 Å². The number of carbonyl (C=O) groups is 2. The topological polar surface area (TPSA) is 61.4 Å². The van der Waals surface area contributed by atoms with Gasteiger partial charge in [-0.05, 0) is 30.4 Å². The Hall–Kier alpha value is -2.04. The highest BCUT2D eigenvalue weighted by atomic mass is 16.2. The monoisotopic (exact) mass is 317 g/mol. The molecule has 0 spiro atoms. The Morgan fingerprint density at radius 2 is 1.87 bits per heavy atom. The molecule has 1 aromatic rings. The van der Waals surface area contributed by atoms with Gasteiger partial charge in [0, 0.05) is 32.1 Å². The van der Waals surface area contributed by atoms with Crippen LogP contribution in [0.1, 0.15) is 38.3 Å². The zero-order valence-electron chi connectivity index (χ0n) is 14.3. The first-order valence-electron chi connectivity index (χ1n) is 8.36. The van der Waals surface area contributed by atoms with Crippen molar-refractivity contribution < 1.29 is 9.59 Å². The molecule has 0 aromatic heterocycles. The molecule has 126 valence electrons. The number of nitrogens with one attached hydrogen (secondary N) is 2. The highest BCUT2D eigenvalue weighted by Gasteiger charge is 2.20. The normalized spacial score (nSPS) is 15.0. The lowest BCUT2D eigenvalue weighted by Gasteiger charge is -2.29. The van der Waals surface area contributed by atoms with Crippen molar-refractivity contribution in [1.29, 1.82) is 0 Å². The minimum atomic E-state index is -0.0933. The quantitative estimate of drug-likeness (QED) is 0.875. The van der Waals surface area contributed by atoms with Crippen molar-refractivity contribution in [3.8, 4) is 0 Å². The van der Waals surface area contributed by atoms with E-state index in [0.29, 0.717) is 25.4 Å². The summed E-state index contributed by atoms with van der Waals surface area (Å²) in [7, 11) is 0. The molecule has 0 fully saturated rings. The molecule has 3 amide bonds. The molecule has 1 atom stereocenters. The number of rotatable bonds is 5. The molecular weight excluding hydrogens is 290 g/mol. The minimum Gasteiger partial charge on any atom is -0.353 e. The number of urea groups is 1. The van der Waals surface area contributed by atoms with E-state index >= 15 is 0 Å². The molecule has 0 aliphatic carbocycles. The van der Waals surface area contributed by atoms with E-state index in [2.05, 4.69) is 36.6 Å². The van der Waals surface area contributed by atoms with Crippen molar-refractivity contribution >= 4 is 11.9 Å². The van der Waals surface area contributed by atoms with Gasteiger partial charge < -0.3 is 15.5 Å². The number of hydrogen-bond acceptors (Lipinski definition) is 2. The fourth-order valence-corrected chi connectivity index (χ4v) is 2.56. The van der Waals surface area contributed by atoms with Gasteiger partial charge in [0.1, 0.15) is 0 Å². The smallest absolute Gasteiger partial charge is 0.317 e. The van der Waals surface area contributed by atoms with E-state index in [-0.39, 0.29) is 18.0 Å². The number of amides is 3. The fraction of sp³-hybridized carbons (Fsp3) is 0.556. The maximum Gasteiger partial charge on any atom is 0.317 e. The van der Waals surface area contributed by atoms with Gasteiger partial charge in [-0.1, -0.05) is 38.1 Å². The Bertz CT molecular complexity index is 557. The molecule has 0 radical (unpaired) electrons. The Labute approximate surface area is 138 Å². The SMILES string of the molecule is CC(C)C(C)NC(=O)CCNC(=O)N1CCc2ccccc2C1. The third-order valence-electron chi connectivity index (χ3n) is 4.43. The maximum atomic E-state index is 12.2. The molecule has 1 aromatic carbocycles. The molecule has 1 unspecified atom stereocenters. The summed E-state index contributed by atoms with van der Waals surface area (Å²) in [5, 5.41) is 5.78. The van der Waals surface area contributed by atoms with Crippen molar-refractivity contribution in [3.63, 3.8) is 0 Å². The molecule has 1 aliphatic rings. The number of carbonyl (C=O) groups excluding carboxylic acids is 2. The van der Waals surface area contributed by atoms with Gasteiger partial charge in [0.2, 0.25) is 5.91 Å². The minimum absolute atomic E-state index is 0.0181. The third kappa shape index (κ3) is 4.98. The lowest BCUT2D eigenvalue weighted by molar-refractivity contribution is -0.121. The van der Waals surface area contributed by atoms with Gasteiger partial charge in [-0.3, -0.25) is 4.79 Å². The predicted octanol–water partition coefficient (Wildman–Crippen LogP) is 2.31. The van der Waals surface area contributed by atoms with Crippen LogP contribution in [-0.2, 0) is 17.8 Å². The second-order valence-corrected chi connectivity index (χ2v) is 6.52. The predicted molar refractivity (Wildman–Crippen MR) is 91.0 cm³/mol. The van der Waals surface area contributed by atoms with Crippen LogP contribution in [-0.4, -0.2) is 36.0 Å². The standard InChI is InChI=1S/C18H27N3O2/c1-13(2)14(3)20-17(22)8-10-19-18(23)21-11-9-15-6-4-5-7-16(15)12-21/h4-7,13-14H,8-12H2,1-3H3,(H,19,23)(H,20,22). The molecule has 5 nitrogen and oxygen atoms in total. The van der Waals surface area contributed by atoms with Crippen LogP contribution in [0.3, 0.4) is 0 Å². The van der Waals surface area contributed by atoms with Crippen LogP contribution < -0.4 is 10.6 Å². The lowest BCUT2D eigenvalue weighted by Crippen LogP contribution is -2.44. The first kappa shape index (κ1) is 17.3. The zero-order valence-corrected chi connectivity index (χ0v) is 14.3. The van der Waals surface area contributed by atoms with Gasteiger partial charge >= 0.3 is 6.03 Å². The molecule has 5 heteroatoms. The second kappa shape index (κ2) is 7.99. The van der Waals surface area contributed by atoms with Crippen molar-refractivity contribution in [3.05, 3.63) is 35.4 Å². The molecule has 0 saturated heterocycles. The van der Waals surface area contributed by atoms with Gasteiger partial charge in [0.15, 0.2) is 0 Å². The van der Waals surface area contributed by atoms with Crippen LogP contribution in [0.2, 0.25) is 0 Å². The first-order chi connectivity index (χ1) is 11.0. The molecule has 0 bridgehead atoms. The van der Waals surface area contributed by atoms with E-state index in [0.717, 1.165) is 13.0 Å². The van der Waals surface area contributed by atoms with Gasteiger partial charge in [0.25, 0.3) is 0 Å². The summed E-state index contributed by atoms with van der Waals surface area (Å²) in [6.45, 7) is 7.86. The van der Waals surface area contributed by atoms with Gasteiger partial charge in [-0.2, -0.15) is 0 Å². The number of nitrogens with zero attached hydrogens (tertiary/aromatic N) is 1. The zero-order chi connectivity index (χ0) is 16.8. The fourth-order valence-electron chi connectivity index (χ4n) is 2.56. The van der Waals surface area contributed by atoms with Crippen LogP contribution >= 0.6 is 0 Å². The Balaban J connectivity index is 1.73. The second-order valence-electron chi connectivity index (χ2n) is 6.52. The average Bonchev–Trinajstić information content (AvgIpc) is 2.54. The Kier molecular flexibility index (Phi) is 6.02. The van der Waals surface area contributed by atoms with Crippen LogP contribution in [0.4, 0.5) is 4.79 Å². The molecule has 0 saturated carbocycles. The molecular formula is C18H27N3O2. The van der Waals surface area contributed by atoms with Crippen molar-refractivity contribution in [2.75, 3.05) is 13.1 Å². The summed E-state index contributed by atoms with van der Waals surface area (Å²) in [4.78, 5) is 25.8. The summed E-state index contributed by atoms with van der Waals surface area (Å²) >= 11 is 0. The van der Waals surface area contributed by atoms with Crippen molar-refractivity contribution in [1.82, 2.24) is 15.5 Å². The average molecular weight is 317 g/mol. The molecule has 1 heterocycles. The van der Waals surface area contributed by atoms with E-state index in [1.165, 1.54) is 11.1 Å². The first-order valence-corrected chi connectivity index (χ1v) is 8.36. The number of hydrogen-bond donors (Lipinski definition) is 2. The summed E-state index contributed by atoms with van der Waals surface area (Å²) in [5.74, 6) is 0.387. The number of fused-ring (bicyclic) bond motifs is 1. The summed E-state index contributed by atoms with van der Waals surface area (Å²) in [6, 6.07) is 8.27. The van der Waals surface area contributed by atoms with Crippen molar-refractivity contribution in [2.45, 2.75) is 46.2 Å². The van der Waals surface area contributed by atoms with E-state index in [4.69, 9.17) is 0 Å². The highest BCUT2D eigenvalue weighted by Crippen LogP contribution is 2.18. The van der Waals surface area contributed by atoms with Gasteiger partial charge in [-0.25, -0.2) is 4.79 Å². The van der Waals surface area contributed by atoms with Gasteiger partial charge in [-0.15, -0.1) is 0 Å². The van der Waals surface area contributed by atoms with Gasteiger partial charge in [0.05, 0.1) is 0 Å². The van der Waals surface area contributed by atoms with Crippen LogP contribution in [0, 0.1) is 5.92 Å². The van der Waals surface area contributed by atoms with Crippen LogP contribution in [0.5, 0.6) is 0 Å². The summed E-state index contributed by atoms with van der Waals surface area (Å²) in [6.07, 6.45) is 1.20. The molecule has 23 heavy (non-hydrogen) atoms. The largest absolute Gasteiger partial charge is 0.353 e. The van der Waals surface area contributed by atoms with E-state index < -0.39 is 0 Å². The molecule has 2 N–H and O–H groups in total. The number of benzene rings is 1. The molecule has 2 rings (SSSR count). The highest BCUT2D eigenvalue weighted by molar-refractivity contribution is 5.78. The Morgan fingerprint density at radius 3 is 2.57 bits per heavy atom. The summed E-state index contributed by atoms with van der Waals surface area (Å²) in [5.41, 5.74) is 2.52. The molecule has 1 aliphatic heterocycles. The van der Waals surface area contributed by atoms with Crippen LogP contribution in [0.25, 0.3) is 0 Å². The summed E-state index contributed by atoms with van der Waals surface area (Å²) < 4.78 is 0. The lowest BCUT2D eigenvalue weighted by atomic mass is 10.0. The Morgan fingerprint density at radius 1 is 1.17 bits per heavy atom.